The zero-order valence-corrected chi connectivity index (χ0v) is 60.0. The Morgan fingerprint density at radius 1 is 0.710 bits per heavy atom. The monoisotopic (exact) mass is 1390 g/mol. The highest BCUT2D eigenvalue weighted by molar-refractivity contribution is 7.44. The number of unbranched alkanes of at least 4 members (excludes halogenated alkanes) is 14. The van der Waals surface area contributed by atoms with E-state index in [0.29, 0.717) is 40.3 Å². The van der Waals surface area contributed by atoms with Crippen molar-refractivity contribution in [3.8, 4) is 17.6 Å². The van der Waals surface area contributed by atoms with Gasteiger partial charge in [0, 0.05) is 62.4 Å². The summed E-state index contributed by atoms with van der Waals surface area (Å²) in [5.41, 5.74) is 0.179. The van der Waals surface area contributed by atoms with Crippen LogP contribution in [-0.4, -0.2) is 141 Å². The first-order chi connectivity index (χ1) is 48.6. The van der Waals surface area contributed by atoms with Crippen LogP contribution in [0.5, 0.6) is 11.5 Å². The van der Waals surface area contributed by atoms with Crippen LogP contribution in [0.4, 0.5) is 10.2 Å². The first-order valence-electron chi connectivity index (χ1n) is 35.5. The maximum Gasteiger partial charge on any atom is 0.330 e. The summed E-state index contributed by atoms with van der Waals surface area (Å²) in [7, 11) is 2.77. The summed E-state index contributed by atoms with van der Waals surface area (Å²) in [4.78, 5) is 73.6. The highest BCUT2D eigenvalue weighted by Gasteiger charge is 2.53. The minimum atomic E-state index is -1.99. The molecule has 9 atom stereocenters. The van der Waals surface area contributed by atoms with Crippen LogP contribution in [0.25, 0.3) is 11.2 Å². The Labute approximate surface area is 588 Å². The third kappa shape index (κ3) is 19.4. The van der Waals surface area contributed by atoms with Crippen LogP contribution >= 0.6 is 8.53 Å². The Morgan fingerprint density at radius 3 is 1.84 bits per heavy atom. The number of alkyl halides is 1. The molecule has 2 amide bonds. The lowest BCUT2D eigenvalue weighted by molar-refractivity contribution is -0.137. The summed E-state index contributed by atoms with van der Waals surface area (Å²) in [5, 5.41) is 12.6. The number of hydrogen-bond acceptors (Lipinski definition) is 17. The second-order valence-electron chi connectivity index (χ2n) is 26.2. The van der Waals surface area contributed by atoms with E-state index in [4.69, 9.17) is 42.5 Å². The topological polar surface area (TPSA) is 249 Å². The van der Waals surface area contributed by atoms with Gasteiger partial charge < -0.3 is 47.7 Å². The van der Waals surface area contributed by atoms with Gasteiger partial charge in [-0.3, -0.25) is 28.5 Å². The van der Waals surface area contributed by atoms with Crippen molar-refractivity contribution in [2.24, 2.45) is 5.92 Å². The van der Waals surface area contributed by atoms with Gasteiger partial charge in [-0.2, -0.15) is 5.26 Å². The molecule has 4 aromatic carbocycles. The molecule has 0 radical (unpaired) electrons. The highest BCUT2D eigenvalue weighted by Crippen LogP contribution is 2.51. The minimum absolute atomic E-state index is 0.0689. The van der Waals surface area contributed by atoms with Gasteiger partial charge in [-0.15, -0.1) is 0 Å². The average Bonchev–Trinajstić information content (AvgIpc) is 1.28. The smallest absolute Gasteiger partial charge is 0.330 e. The Kier molecular flexibility index (Phi) is 29.3. The third-order valence-corrected chi connectivity index (χ3v) is 20.9. The van der Waals surface area contributed by atoms with E-state index in [2.05, 4.69) is 37.9 Å². The van der Waals surface area contributed by atoms with Gasteiger partial charge in [0.15, 0.2) is 35.6 Å². The van der Waals surface area contributed by atoms with Crippen molar-refractivity contribution in [1.82, 2.24) is 38.6 Å². The number of amides is 2. The van der Waals surface area contributed by atoms with Crippen molar-refractivity contribution in [2.75, 3.05) is 52.9 Å². The Bertz CT molecular complexity index is 3750. The molecular weight excluding hydrogens is 1290 g/mol. The number of carbonyl (C=O) groups excluding carboxylic acids is 2. The second kappa shape index (κ2) is 38.3. The molecule has 0 spiro atoms. The molecule has 24 heteroatoms. The van der Waals surface area contributed by atoms with Crippen molar-refractivity contribution < 1.29 is 51.4 Å². The minimum Gasteiger partial charge on any atom is -0.497 e. The predicted octanol–water partition coefficient (Wildman–Crippen LogP) is 14.2. The van der Waals surface area contributed by atoms with Crippen LogP contribution < -0.4 is 26.0 Å². The normalized spacial score (nSPS) is 19.6. The van der Waals surface area contributed by atoms with Crippen LogP contribution in [0, 0.1) is 17.2 Å². The molecule has 9 rings (SSSR count). The predicted molar refractivity (Wildman–Crippen MR) is 383 cm³/mol. The van der Waals surface area contributed by atoms with Gasteiger partial charge in [0.25, 0.3) is 20.0 Å². The fraction of sp³-hybridized carbons (Fsp3) is 0.526. The standard InChI is InChI=1S/C76H100FN10O12P/c1-9-10-11-12-13-14-15-16-17-18-19-20-21-22-29-45-84(49-62-68(99-100(96-47-30-44-78)87(53(2)3)54(4)5)69(94-8)74(97-62)86-52-81-67-70(79-51-80-71(67)86)83-72(90)55-31-25-23-26-32-55)65(89)48-61-63(98-73(66(61)77)85-46-43-64(88)82-75(85)91)50-95-76(56-33-27-24-28-34-56,57-35-39-59(92-6)40-36-57)58-37-41-60(93-7)42-38-58/h23-28,31-43,46,51-54,61-63,66,68-69,73-74H,9-22,29-30,45,47-50H2,1-8H3,(H,82,88,91)(H,79,80,83,90)/t61-,62-,63-,66-,68-,69-,73-,74+,100?/m1/s1. The molecule has 3 aromatic heterocycles. The van der Waals surface area contributed by atoms with Gasteiger partial charge in [-0.1, -0.05) is 170 Å². The lowest BCUT2D eigenvalue weighted by atomic mass is 9.80. The van der Waals surface area contributed by atoms with E-state index < -0.39 is 92.6 Å². The number of hydrogen-bond donors (Lipinski definition) is 2. The fourth-order valence-electron chi connectivity index (χ4n) is 13.6. The molecule has 2 saturated heterocycles. The van der Waals surface area contributed by atoms with Gasteiger partial charge in [-0.25, -0.2) is 28.8 Å². The summed E-state index contributed by atoms with van der Waals surface area (Å²) in [5.74, 6) is -0.685. The molecule has 7 aromatic rings. The van der Waals surface area contributed by atoms with E-state index in [-0.39, 0.29) is 56.1 Å². The molecule has 5 heterocycles. The van der Waals surface area contributed by atoms with Gasteiger partial charge in [0.05, 0.1) is 52.4 Å². The number of nitrogens with one attached hydrogen (secondary N) is 2. The molecule has 0 saturated carbocycles. The first kappa shape index (κ1) is 76.4. The molecule has 0 bridgehead atoms. The molecule has 2 aliphatic rings. The maximum atomic E-state index is 18.2. The van der Waals surface area contributed by atoms with Crippen molar-refractivity contribution in [3.63, 3.8) is 0 Å². The van der Waals surface area contributed by atoms with Crippen LogP contribution in [-0.2, 0) is 38.4 Å². The van der Waals surface area contributed by atoms with E-state index in [1.54, 1.807) is 55.1 Å². The van der Waals surface area contributed by atoms with E-state index in [1.807, 2.05) is 113 Å². The number of nitriles is 1. The second-order valence-corrected chi connectivity index (χ2v) is 27.7. The molecule has 2 aliphatic heterocycles. The Morgan fingerprint density at radius 2 is 1.28 bits per heavy atom. The number of aromatic amines is 1. The van der Waals surface area contributed by atoms with Gasteiger partial charge in [0.2, 0.25) is 5.91 Å². The van der Waals surface area contributed by atoms with Crippen molar-refractivity contribution in [1.29, 1.82) is 5.26 Å². The molecule has 538 valence electrons. The quantitative estimate of drug-likeness (QED) is 0.0205. The maximum absolute atomic E-state index is 18.2. The molecule has 1 unspecified atom stereocenters. The first-order valence-corrected chi connectivity index (χ1v) is 36.6. The van der Waals surface area contributed by atoms with Crippen molar-refractivity contribution in [2.45, 2.75) is 205 Å². The summed E-state index contributed by atoms with van der Waals surface area (Å²) in [6.07, 6.45) is 12.3. The fourth-order valence-corrected chi connectivity index (χ4v) is 15.4. The molecule has 2 N–H and O–H groups in total. The van der Waals surface area contributed by atoms with Crippen LogP contribution in [0.3, 0.4) is 0 Å². The Hall–Kier alpha value is -7.78. The van der Waals surface area contributed by atoms with E-state index in [9.17, 15) is 19.6 Å². The van der Waals surface area contributed by atoms with Gasteiger partial charge in [0.1, 0.15) is 41.7 Å². The van der Waals surface area contributed by atoms with Crippen LogP contribution in [0.2, 0.25) is 0 Å². The van der Waals surface area contributed by atoms with Crippen LogP contribution in [0.1, 0.15) is 183 Å². The average molecular weight is 1400 g/mol. The lowest BCUT2D eigenvalue weighted by Gasteiger charge is -2.38. The van der Waals surface area contributed by atoms with Gasteiger partial charge >= 0.3 is 5.69 Å². The summed E-state index contributed by atoms with van der Waals surface area (Å²) in [6.45, 7) is 10.3. The molecule has 22 nitrogen and oxygen atoms in total. The number of anilines is 1. The number of imidazole rings is 1. The summed E-state index contributed by atoms with van der Waals surface area (Å²) < 4.78 is 75.8. The molecule has 100 heavy (non-hydrogen) atoms. The zero-order chi connectivity index (χ0) is 71.0. The third-order valence-electron chi connectivity index (χ3n) is 18.8. The number of fused-ring (bicyclic) bond motifs is 1. The molecule has 2 fully saturated rings. The SMILES string of the molecule is CCCCCCCCCCCCCCCCCN(C[C@H]1O[C@H](n2cnc3c(NC(=O)c4ccccc4)ncnc32)[C@H](OC)[C@@H]1OP(OCCC#N)N(C(C)C)C(C)C)C(=O)C[C@H]1[C@@H](F)[C@H](n2ccc(=O)[nH]c2=O)O[C@@H]1COC(c1ccccc1)(c1ccc(OC)cc1)c1ccc(OC)cc1. The molecular formula is C76H100FN10O12P. The lowest BCUT2D eigenvalue weighted by Crippen LogP contribution is -2.46. The highest BCUT2D eigenvalue weighted by atomic mass is 31.2. The number of benzene rings is 4. The number of H-pyrrole nitrogens is 1. The number of carbonyl (C=O) groups is 2. The number of nitrogens with zero attached hydrogens (tertiary/aromatic N) is 8. The molecule has 0 aliphatic carbocycles. The van der Waals surface area contributed by atoms with Gasteiger partial charge in [-0.05, 0) is 87.2 Å². The van der Waals surface area contributed by atoms with E-state index in [0.717, 1.165) is 48.3 Å². The summed E-state index contributed by atoms with van der Waals surface area (Å²) in [6, 6.07) is 36.4. The number of aromatic nitrogens is 6. The zero-order valence-electron chi connectivity index (χ0n) is 59.1. The van der Waals surface area contributed by atoms with Crippen molar-refractivity contribution >= 4 is 37.3 Å². The number of halogens is 1. The van der Waals surface area contributed by atoms with Crippen LogP contribution in [0.15, 0.2) is 144 Å². The number of rotatable bonds is 41. The Balaban J connectivity index is 1.07. The van der Waals surface area contributed by atoms with E-state index in [1.165, 1.54) is 76.6 Å². The number of methoxy groups -OCH3 is 3. The van der Waals surface area contributed by atoms with E-state index >= 15 is 9.18 Å². The van der Waals surface area contributed by atoms with Crippen molar-refractivity contribution in [3.05, 3.63) is 177 Å². The number of ether oxygens (including phenoxy) is 6. The summed E-state index contributed by atoms with van der Waals surface area (Å²) >= 11 is 0. The largest absolute Gasteiger partial charge is 0.497 e.